The number of H-pyrrole nitrogens is 1. The molecule has 1 fully saturated rings. The predicted octanol–water partition coefficient (Wildman–Crippen LogP) is 3.99. The second-order valence-corrected chi connectivity index (χ2v) is 10.1. The van der Waals surface area contributed by atoms with Crippen molar-refractivity contribution in [2.24, 2.45) is 5.92 Å². The van der Waals surface area contributed by atoms with Crippen LogP contribution in [0.4, 0.5) is 4.79 Å². The Labute approximate surface area is 206 Å². The average molecular weight is 481 g/mol. The van der Waals surface area contributed by atoms with Gasteiger partial charge in [-0.15, -0.1) is 0 Å². The number of para-hydroxylation sites is 1. The van der Waals surface area contributed by atoms with E-state index in [-0.39, 0.29) is 11.8 Å². The Kier molecular flexibility index (Phi) is 7.80. The zero-order valence-electron chi connectivity index (χ0n) is 20.9. The Morgan fingerprint density at radius 3 is 2.71 bits per heavy atom. The van der Waals surface area contributed by atoms with Gasteiger partial charge in [-0.3, -0.25) is 4.57 Å². The molecule has 1 atom stereocenters. The number of aromatic nitrogens is 2. The van der Waals surface area contributed by atoms with Crippen LogP contribution in [-0.2, 0) is 11.3 Å². The fourth-order valence-electron chi connectivity index (χ4n) is 4.46. The van der Waals surface area contributed by atoms with Gasteiger partial charge in [-0.1, -0.05) is 36.4 Å². The molecule has 0 bridgehead atoms. The molecule has 1 unspecified atom stereocenters. The van der Waals surface area contributed by atoms with Gasteiger partial charge >= 0.3 is 11.8 Å². The summed E-state index contributed by atoms with van der Waals surface area (Å²) in [5.41, 5.74) is 1.99. The minimum absolute atomic E-state index is 0.148. The van der Waals surface area contributed by atoms with Gasteiger partial charge in [0.2, 0.25) is 0 Å². The molecule has 0 radical (unpaired) electrons. The van der Waals surface area contributed by atoms with Crippen molar-refractivity contribution in [1.82, 2.24) is 19.8 Å². The number of carbonyl (C=O) groups excluding carboxylic acids is 1. The van der Waals surface area contributed by atoms with Gasteiger partial charge in [0.05, 0.1) is 12.1 Å². The third-order valence-electron chi connectivity index (χ3n) is 6.10. The largest absolute Gasteiger partial charge is 0.490 e. The van der Waals surface area contributed by atoms with Crippen molar-refractivity contribution in [3.8, 4) is 5.75 Å². The van der Waals surface area contributed by atoms with Crippen molar-refractivity contribution < 1.29 is 14.3 Å². The fourth-order valence-corrected chi connectivity index (χ4v) is 4.46. The number of ether oxygens (including phenoxy) is 2. The highest BCUT2D eigenvalue weighted by Gasteiger charge is 2.27. The van der Waals surface area contributed by atoms with Gasteiger partial charge in [-0.25, -0.2) is 9.59 Å². The van der Waals surface area contributed by atoms with Crippen molar-refractivity contribution in [1.29, 1.82) is 0 Å². The molecule has 1 amide bonds. The van der Waals surface area contributed by atoms with E-state index >= 15 is 0 Å². The fraction of sp³-hybridized carbons (Fsp3) is 0.481. The maximum absolute atomic E-state index is 12.6. The number of nitrogens with zero attached hydrogens (tertiary/aromatic N) is 2. The summed E-state index contributed by atoms with van der Waals surface area (Å²) in [7, 11) is 0. The second-order valence-electron chi connectivity index (χ2n) is 10.1. The summed E-state index contributed by atoms with van der Waals surface area (Å²) < 4.78 is 13.3. The molecule has 2 heterocycles. The molecular weight excluding hydrogens is 444 g/mol. The van der Waals surface area contributed by atoms with Crippen molar-refractivity contribution in [2.75, 3.05) is 32.8 Å². The SMILES string of the molecule is CC(C)(C)OC(=O)N1CCCC(CNCCOc2cccc3c2[nH]c(=O)n3Cc2ccccc2)C1. The number of rotatable bonds is 8. The highest BCUT2D eigenvalue weighted by atomic mass is 16.6. The third kappa shape index (κ3) is 6.66. The maximum atomic E-state index is 12.6. The van der Waals surface area contributed by atoms with Crippen molar-refractivity contribution >= 4 is 17.1 Å². The lowest BCUT2D eigenvalue weighted by molar-refractivity contribution is 0.0166. The summed E-state index contributed by atoms with van der Waals surface area (Å²) in [6.07, 6.45) is 1.84. The minimum atomic E-state index is -0.477. The smallest absolute Gasteiger partial charge is 0.410 e. The van der Waals surface area contributed by atoms with Gasteiger partial charge in [-0.2, -0.15) is 0 Å². The van der Waals surface area contributed by atoms with Crippen LogP contribution in [0.5, 0.6) is 5.75 Å². The Balaban J connectivity index is 1.27. The number of fused-ring (bicyclic) bond motifs is 1. The van der Waals surface area contributed by atoms with Crippen LogP contribution in [0.3, 0.4) is 0 Å². The maximum Gasteiger partial charge on any atom is 0.410 e. The zero-order valence-corrected chi connectivity index (χ0v) is 20.9. The molecule has 2 aromatic carbocycles. The summed E-state index contributed by atoms with van der Waals surface area (Å²) in [6.45, 7) is 9.61. The van der Waals surface area contributed by atoms with Gasteiger partial charge in [0.1, 0.15) is 23.5 Å². The molecule has 4 rings (SSSR count). The van der Waals surface area contributed by atoms with Gasteiger partial charge in [0.15, 0.2) is 0 Å². The number of carbonyl (C=O) groups is 1. The standard InChI is InChI=1S/C27H36N4O4/c1-27(2,3)35-26(33)30-15-8-11-21(18-30)17-28-14-16-34-23-13-7-12-22-24(23)29-25(32)31(22)19-20-9-5-4-6-10-20/h4-7,9-10,12-13,21,28H,8,11,14-19H2,1-3H3,(H,29,32). The van der Waals surface area contributed by atoms with Crippen molar-refractivity contribution in [3.63, 3.8) is 0 Å². The Bertz CT molecular complexity index is 1180. The Hall–Kier alpha value is -3.26. The molecule has 1 aromatic heterocycles. The molecule has 8 heteroatoms. The number of aromatic amines is 1. The second kappa shape index (κ2) is 11.0. The molecule has 1 saturated heterocycles. The lowest BCUT2D eigenvalue weighted by atomic mass is 9.98. The third-order valence-corrected chi connectivity index (χ3v) is 6.10. The molecule has 188 valence electrons. The van der Waals surface area contributed by atoms with E-state index in [0.29, 0.717) is 43.4 Å². The predicted molar refractivity (Wildman–Crippen MR) is 137 cm³/mol. The van der Waals surface area contributed by atoms with Crippen LogP contribution in [0.15, 0.2) is 53.3 Å². The van der Waals surface area contributed by atoms with E-state index in [9.17, 15) is 9.59 Å². The topological polar surface area (TPSA) is 88.6 Å². The first kappa shape index (κ1) is 24.9. The van der Waals surface area contributed by atoms with Gasteiger partial charge in [0, 0.05) is 19.6 Å². The van der Waals surface area contributed by atoms with E-state index in [4.69, 9.17) is 9.47 Å². The molecule has 0 spiro atoms. The average Bonchev–Trinajstić information content (AvgIpc) is 3.14. The first-order valence-corrected chi connectivity index (χ1v) is 12.4. The highest BCUT2D eigenvalue weighted by Crippen LogP contribution is 2.23. The van der Waals surface area contributed by atoms with E-state index in [1.165, 1.54) is 0 Å². The summed E-state index contributed by atoms with van der Waals surface area (Å²) in [5.74, 6) is 1.06. The summed E-state index contributed by atoms with van der Waals surface area (Å²) in [4.78, 5) is 29.7. The molecule has 1 aliphatic heterocycles. The van der Waals surface area contributed by atoms with E-state index in [2.05, 4.69) is 10.3 Å². The molecule has 0 saturated carbocycles. The van der Waals surface area contributed by atoms with Gasteiger partial charge in [0.25, 0.3) is 0 Å². The number of hydrogen-bond acceptors (Lipinski definition) is 5. The Morgan fingerprint density at radius 2 is 1.94 bits per heavy atom. The van der Waals surface area contributed by atoms with Crippen LogP contribution in [0.1, 0.15) is 39.2 Å². The van der Waals surface area contributed by atoms with Crippen LogP contribution >= 0.6 is 0 Å². The van der Waals surface area contributed by atoms with Crippen LogP contribution in [0.2, 0.25) is 0 Å². The van der Waals surface area contributed by atoms with Gasteiger partial charge in [-0.05, 0) is 63.8 Å². The highest BCUT2D eigenvalue weighted by molar-refractivity contribution is 5.82. The van der Waals surface area contributed by atoms with Crippen LogP contribution in [0.25, 0.3) is 11.0 Å². The molecule has 1 aliphatic rings. The minimum Gasteiger partial charge on any atom is -0.490 e. The zero-order chi connectivity index (χ0) is 24.8. The lowest BCUT2D eigenvalue weighted by Crippen LogP contribution is -2.45. The summed E-state index contributed by atoms with van der Waals surface area (Å²) in [5, 5.41) is 3.45. The van der Waals surface area contributed by atoms with E-state index in [1.54, 1.807) is 4.57 Å². The molecular formula is C27H36N4O4. The lowest BCUT2D eigenvalue weighted by Gasteiger charge is -2.34. The number of piperidine rings is 1. The number of benzene rings is 2. The molecule has 0 aliphatic carbocycles. The summed E-state index contributed by atoms with van der Waals surface area (Å²) >= 11 is 0. The number of likely N-dealkylation sites (tertiary alicyclic amines) is 1. The van der Waals surface area contributed by atoms with Crippen LogP contribution < -0.4 is 15.7 Å². The van der Waals surface area contributed by atoms with E-state index in [1.807, 2.05) is 74.2 Å². The molecule has 2 N–H and O–H groups in total. The van der Waals surface area contributed by atoms with E-state index in [0.717, 1.165) is 37.0 Å². The summed E-state index contributed by atoms with van der Waals surface area (Å²) in [6, 6.07) is 15.6. The van der Waals surface area contributed by atoms with Crippen LogP contribution in [-0.4, -0.2) is 58.9 Å². The Morgan fingerprint density at radius 1 is 1.14 bits per heavy atom. The molecule has 3 aromatic rings. The normalized spacial score (nSPS) is 16.4. The number of imidazole rings is 1. The number of amides is 1. The quantitative estimate of drug-likeness (QED) is 0.476. The first-order valence-electron chi connectivity index (χ1n) is 12.4. The van der Waals surface area contributed by atoms with Crippen LogP contribution in [0, 0.1) is 5.92 Å². The van der Waals surface area contributed by atoms with Gasteiger partial charge < -0.3 is 24.7 Å². The van der Waals surface area contributed by atoms with E-state index < -0.39 is 5.60 Å². The first-order chi connectivity index (χ1) is 16.8. The van der Waals surface area contributed by atoms with Crippen molar-refractivity contribution in [2.45, 2.75) is 45.8 Å². The number of hydrogen-bond donors (Lipinski definition) is 2. The molecule has 8 nitrogen and oxygen atoms in total. The van der Waals surface area contributed by atoms with Crippen molar-refractivity contribution in [3.05, 3.63) is 64.6 Å². The molecule has 35 heavy (non-hydrogen) atoms. The monoisotopic (exact) mass is 480 g/mol. The number of nitrogens with one attached hydrogen (secondary N) is 2.